The number of halogens is 1. The van der Waals surface area contributed by atoms with Crippen molar-refractivity contribution in [1.29, 1.82) is 0 Å². The number of hydrogen-bond donors (Lipinski definition) is 2. The van der Waals surface area contributed by atoms with Crippen LogP contribution < -0.4 is 5.32 Å². The van der Waals surface area contributed by atoms with Gasteiger partial charge in [-0.1, -0.05) is 18.5 Å². The molecule has 0 saturated heterocycles. The van der Waals surface area contributed by atoms with Gasteiger partial charge in [0.15, 0.2) is 5.13 Å². The third kappa shape index (κ3) is 2.62. The first-order valence-corrected chi connectivity index (χ1v) is 5.00. The Balaban J connectivity index is 2.50. The van der Waals surface area contributed by atoms with Gasteiger partial charge in [-0.05, 0) is 6.42 Å². The number of aliphatic hydroxyl groups excluding tert-OH is 1. The third-order valence-corrected chi connectivity index (χ3v) is 2.61. The summed E-state index contributed by atoms with van der Waals surface area (Å²) < 4.78 is 0. The van der Waals surface area contributed by atoms with Gasteiger partial charge in [0.05, 0.1) is 12.6 Å². The van der Waals surface area contributed by atoms with Gasteiger partial charge in [0, 0.05) is 5.38 Å². The molecule has 0 radical (unpaired) electrons. The summed E-state index contributed by atoms with van der Waals surface area (Å²) in [5.41, 5.74) is 0. The Labute approximate surface area is 80.4 Å². The van der Waals surface area contributed by atoms with Crippen LogP contribution in [0.3, 0.4) is 0 Å². The fourth-order valence-electron chi connectivity index (χ4n) is 0.772. The van der Waals surface area contributed by atoms with Gasteiger partial charge < -0.3 is 10.4 Å². The molecule has 68 valence electrons. The van der Waals surface area contributed by atoms with Crippen molar-refractivity contribution in [3.63, 3.8) is 0 Å². The van der Waals surface area contributed by atoms with E-state index in [-0.39, 0.29) is 12.6 Å². The minimum Gasteiger partial charge on any atom is -0.394 e. The number of anilines is 1. The Kier molecular flexibility index (Phi) is 3.78. The van der Waals surface area contributed by atoms with E-state index in [4.69, 9.17) is 16.7 Å². The molecule has 1 rings (SSSR count). The van der Waals surface area contributed by atoms with E-state index in [1.807, 2.05) is 6.92 Å². The third-order valence-electron chi connectivity index (χ3n) is 1.52. The molecule has 0 aliphatic rings. The van der Waals surface area contributed by atoms with Gasteiger partial charge in [-0.25, -0.2) is 4.98 Å². The maximum atomic E-state index is 8.88. The molecule has 2 N–H and O–H groups in total. The number of rotatable bonds is 4. The van der Waals surface area contributed by atoms with E-state index in [2.05, 4.69) is 10.3 Å². The fraction of sp³-hybridized carbons (Fsp3) is 0.571. The van der Waals surface area contributed by atoms with E-state index in [1.54, 1.807) is 5.38 Å². The smallest absolute Gasteiger partial charge is 0.184 e. The molecule has 3 nitrogen and oxygen atoms in total. The van der Waals surface area contributed by atoms with Crippen LogP contribution in [0.5, 0.6) is 0 Å². The van der Waals surface area contributed by atoms with Gasteiger partial charge in [-0.15, -0.1) is 11.3 Å². The van der Waals surface area contributed by atoms with Crippen molar-refractivity contribution in [2.75, 3.05) is 11.9 Å². The summed E-state index contributed by atoms with van der Waals surface area (Å²) in [6.07, 6.45) is 0.869. The predicted molar refractivity (Wildman–Crippen MR) is 51.9 cm³/mol. The van der Waals surface area contributed by atoms with Gasteiger partial charge in [0.25, 0.3) is 0 Å². The van der Waals surface area contributed by atoms with E-state index in [1.165, 1.54) is 11.3 Å². The predicted octanol–water partition coefficient (Wildman–Crippen LogP) is 1.98. The van der Waals surface area contributed by atoms with Gasteiger partial charge in [-0.2, -0.15) is 0 Å². The minimum atomic E-state index is 0.0761. The molecule has 0 fully saturated rings. The van der Waals surface area contributed by atoms with E-state index in [9.17, 15) is 0 Å². The number of nitrogens with one attached hydrogen (secondary N) is 1. The van der Waals surface area contributed by atoms with Gasteiger partial charge in [0.1, 0.15) is 5.15 Å². The number of thiazole rings is 1. The van der Waals surface area contributed by atoms with E-state index < -0.39 is 0 Å². The number of aromatic nitrogens is 1. The Morgan fingerprint density at radius 1 is 1.83 bits per heavy atom. The maximum absolute atomic E-state index is 8.88. The molecule has 0 aliphatic carbocycles. The van der Waals surface area contributed by atoms with Crippen LogP contribution in [0.2, 0.25) is 5.15 Å². The lowest BCUT2D eigenvalue weighted by Gasteiger charge is -2.11. The highest BCUT2D eigenvalue weighted by molar-refractivity contribution is 7.14. The van der Waals surface area contributed by atoms with Crippen LogP contribution in [-0.4, -0.2) is 22.7 Å². The molecular weight excluding hydrogens is 196 g/mol. The van der Waals surface area contributed by atoms with Crippen LogP contribution in [-0.2, 0) is 0 Å². The van der Waals surface area contributed by atoms with Crippen molar-refractivity contribution < 1.29 is 5.11 Å². The van der Waals surface area contributed by atoms with E-state index in [0.29, 0.717) is 5.15 Å². The summed E-state index contributed by atoms with van der Waals surface area (Å²) in [5.74, 6) is 0. The first kappa shape index (κ1) is 9.77. The molecule has 0 aromatic carbocycles. The normalized spacial score (nSPS) is 12.9. The average molecular weight is 207 g/mol. The van der Waals surface area contributed by atoms with Crippen LogP contribution in [0, 0.1) is 0 Å². The second-order valence-electron chi connectivity index (χ2n) is 2.41. The minimum absolute atomic E-state index is 0.0761. The number of aliphatic hydroxyl groups is 1. The second kappa shape index (κ2) is 4.64. The summed E-state index contributed by atoms with van der Waals surface area (Å²) in [6.45, 7) is 2.12. The van der Waals surface area contributed by atoms with Crippen LogP contribution >= 0.6 is 22.9 Å². The standard InChI is InChI=1S/C7H11ClN2OS/c1-2-5(3-11)9-7-10-6(8)4-12-7/h4-5,11H,2-3H2,1H3,(H,9,10). The van der Waals surface area contributed by atoms with Crippen molar-refractivity contribution in [1.82, 2.24) is 4.98 Å². The topological polar surface area (TPSA) is 45.1 Å². The molecule has 1 unspecified atom stereocenters. The van der Waals surface area contributed by atoms with Crippen LogP contribution in [0.15, 0.2) is 5.38 Å². The second-order valence-corrected chi connectivity index (χ2v) is 3.65. The SMILES string of the molecule is CCC(CO)Nc1nc(Cl)cs1. The monoisotopic (exact) mass is 206 g/mol. The highest BCUT2D eigenvalue weighted by Gasteiger charge is 2.06. The molecule has 1 heterocycles. The highest BCUT2D eigenvalue weighted by Crippen LogP contribution is 2.19. The lowest BCUT2D eigenvalue weighted by atomic mass is 10.2. The van der Waals surface area contributed by atoms with Gasteiger partial charge in [-0.3, -0.25) is 0 Å². The number of hydrogen-bond acceptors (Lipinski definition) is 4. The lowest BCUT2D eigenvalue weighted by Crippen LogP contribution is -2.22. The first-order chi connectivity index (χ1) is 5.76. The molecule has 1 aromatic heterocycles. The van der Waals surface area contributed by atoms with Crippen LogP contribution in [0.4, 0.5) is 5.13 Å². The maximum Gasteiger partial charge on any atom is 0.184 e. The van der Waals surface area contributed by atoms with Crippen LogP contribution in [0.1, 0.15) is 13.3 Å². The summed E-state index contributed by atoms with van der Waals surface area (Å²) in [5, 5.41) is 15.0. The highest BCUT2D eigenvalue weighted by atomic mass is 35.5. The van der Waals surface area contributed by atoms with E-state index in [0.717, 1.165) is 11.6 Å². The van der Waals surface area contributed by atoms with E-state index >= 15 is 0 Å². The van der Waals surface area contributed by atoms with Crippen molar-refractivity contribution in [3.05, 3.63) is 10.5 Å². The molecule has 1 aromatic rings. The fourth-order valence-corrected chi connectivity index (χ4v) is 1.69. The molecule has 1 atom stereocenters. The molecule has 0 amide bonds. The van der Waals surface area contributed by atoms with Crippen LogP contribution in [0.25, 0.3) is 0 Å². The Morgan fingerprint density at radius 3 is 3.00 bits per heavy atom. The lowest BCUT2D eigenvalue weighted by molar-refractivity contribution is 0.272. The Morgan fingerprint density at radius 2 is 2.58 bits per heavy atom. The van der Waals surface area contributed by atoms with Crippen molar-refractivity contribution in [2.45, 2.75) is 19.4 Å². The van der Waals surface area contributed by atoms with Crippen molar-refractivity contribution in [3.8, 4) is 0 Å². The van der Waals surface area contributed by atoms with Gasteiger partial charge in [0.2, 0.25) is 0 Å². The summed E-state index contributed by atoms with van der Waals surface area (Å²) in [4.78, 5) is 4.01. The van der Waals surface area contributed by atoms with Crippen molar-refractivity contribution in [2.24, 2.45) is 0 Å². The molecule has 12 heavy (non-hydrogen) atoms. The molecule has 5 heteroatoms. The largest absolute Gasteiger partial charge is 0.394 e. The molecule has 0 bridgehead atoms. The zero-order valence-electron chi connectivity index (χ0n) is 6.75. The van der Waals surface area contributed by atoms with Gasteiger partial charge >= 0.3 is 0 Å². The first-order valence-electron chi connectivity index (χ1n) is 3.74. The Hall–Kier alpha value is -0.320. The summed E-state index contributed by atoms with van der Waals surface area (Å²) in [7, 11) is 0. The molecule has 0 spiro atoms. The molecule has 0 aliphatic heterocycles. The zero-order chi connectivity index (χ0) is 8.97. The molecule has 0 saturated carbocycles. The Bertz CT molecular complexity index is 237. The quantitative estimate of drug-likeness (QED) is 0.792. The average Bonchev–Trinajstić information content (AvgIpc) is 2.47. The number of nitrogens with zero attached hydrogens (tertiary/aromatic N) is 1. The summed E-state index contributed by atoms with van der Waals surface area (Å²) in [6, 6.07) is 0.0761. The molecular formula is C7H11ClN2OS. The zero-order valence-corrected chi connectivity index (χ0v) is 8.32. The van der Waals surface area contributed by atoms with Crippen molar-refractivity contribution >= 4 is 28.1 Å². The summed E-state index contributed by atoms with van der Waals surface area (Å²) >= 11 is 7.07.